The molecule has 3 aromatic carbocycles. The molecule has 35 heavy (non-hydrogen) atoms. The average Bonchev–Trinajstić information content (AvgIpc) is 2.87. The number of hydrogen-bond donors (Lipinski definition) is 2. The van der Waals surface area contributed by atoms with Crippen LogP contribution in [0.3, 0.4) is 0 Å². The van der Waals surface area contributed by atoms with E-state index in [1.165, 1.54) is 12.1 Å². The Morgan fingerprint density at radius 1 is 0.943 bits per heavy atom. The monoisotopic (exact) mass is 478 g/mol. The fraction of sp³-hybridized carbons (Fsp3) is 0.250. The molecule has 7 heteroatoms. The second-order valence-electron chi connectivity index (χ2n) is 8.33. The molecule has 0 unspecified atom stereocenters. The number of carbonyl (C=O) groups is 1. The summed E-state index contributed by atoms with van der Waals surface area (Å²) in [5.74, 6) is 0.0553. The van der Waals surface area contributed by atoms with Gasteiger partial charge < -0.3 is 24.4 Å². The van der Waals surface area contributed by atoms with Crippen LogP contribution in [-0.4, -0.2) is 29.4 Å². The molecule has 2 N–H and O–H groups in total. The van der Waals surface area contributed by atoms with Gasteiger partial charge in [0, 0.05) is 17.9 Å². The van der Waals surface area contributed by atoms with E-state index in [0.29, 0.717) is 43.1 Å². The second kappa shape index (κ2) is 11.6. The first-order valence-corrected chi connectivity index (χ1v) is 11.4. The molecule has 0 atom stereocenters. The Hall–Kier alpha value is -3.68. The Morgan fingerprint density at radius 2 is 1.57 bits per heavy atom. The van der Waals surface area contributed by atoms with E-state index in [0.717, 1.165) is 11.1 Å². The number of phenols is 1. The number of aliphatic carboxylic acids is 1. The highest BCUT2D eigenvalue weighted by Gasteiger charge is 2.27. The van der Waals surface area contributed by atoms with Gasteiger partial charge in [-0.3, -0.25) is 4.79 Å². The van der Waals surface area contributed by atoms with Crippen LogP contribution in [0.1, 0.15) is 30.3 Å². The minimum absolute atomic E-state index is 0.0235. The van der Waals surface area contributed by atoms with E-state index >= 15 is 0 Å². The summed E-state index contributed by atoms with van der Waals surface area (Å²) in [4.78, 5) is 11.2. The lowest BCUT2D eigenvalue weighted by Gasteiger charge is -2.31. The van der Waals surface area contributed by atoms with E-state index in [2.05, 4.69) is 0 Å². The lowest BCUT2D eigenvalue weighted by Crippen LogP contribution is -2.28. The summed E-state index contributed by atoms with van der Waals surface area (Å²) in [7, 11) is 0. The Balaban J connectivity index is 1.39. The smallest absolute Gasteiger partial charge is 0.303 e. The second-order valence-corrected chi connectivity index (χ2v) is 8.33. The van der Waals surface area contributed by atoms with Crippen LogP contribution in [0.4, 0.5) is 4.39 Å². The van der Waals surface area contributed by atoms with E-state index in [-0.39, 0.29) is 23.9 Å². The van der Waals surface area contributed by atoms with Gasteiger partial charge in [-0.05, 0) is 60.9 Å². The van der Waals surface area contributed by atoms with Crippen molar-refractivity contribution in [3.05, 3.63) is 101 Å². The minimum Gasteiger partial charge on any atom is -0.507 e. The fourth-order valence-electron chi connectivity index (χ4n) is 3.89. The van der Waals surface area contributed by atoms with Crippen LogP contribution >= 0.6 is 0 Å². The molecule has 1 aliphatic rings. The summed E-state index contributed by atoms with van der Waals surface area (Å²) in [6.07, 6.45) is 2.43. The van der Waals surface area contributed by atoms with Crippen molar-refractivity contribution in [2.75, 3.05) is 13.2 Å². The maximum atomic E-state index is 13.1. The maximum absolute atomic E-state index is 13.1. The Kier molecular flexibility index (Phi) is 8.13. The van der Waals surface area contributed by atoms with Crippen LogP contribution in [0.25, 0.3) is 0 Å². The highest BCUT2D eigenvalue weighted by atomic mass is 19.1. The van der Waals surface area contributed by atoms with Gasteiger partial charge in [-0.25, -0.2) is 4.39 Å². The van der Waals surface area contributed by atoms with Crippen molar-refractivity contribution in [3.8, 4) is 17.2 Å². The van der Waals surface area contributed by atoms with Crippen LogP contribution in [0.5, 0.6) is 17.2 Å². The summed E-state index contributed by atoms with van der Waals surface area (Å²) in [5.41, 5.74) is 2.58. The number of hydrogen-bond acceptors (Lipinski definition) is 5. The highest BCUT2D eigenvalue weighted by Crippen LogP contribution is 2.33. The molecule has 1 fully saturated rings. The molecule has 0 amide bonds. The SMILES string of the molecule is O=C(O)CC/C(=C/Cc1ccc(Oc2ccc(F)cc2)cc1)C1COC(c2ccccc2O)OC1. The lowest BCUT2D eigenvalue weighted by molar-refractivity contribution is -0.200. The van der Waals surface area contributed by atoms with Crippen molar-refractivity contribution in [3.63, 3.8) is 0 Å². The normalized spacial score (nSPS) is 18.3. The van der Waals surface area contributed by atoms with E-state index < -0.39 is 12.3 Å². The van der Waals surface area contributed by atoms with Crippen LogP contribution in [0.15, 0.2) is 84.4 Å². The first-order chi connectivity index (χ1) is 17.0. The molecule has 0 saturated carbocycles. The predicted molar refractivity (Wildman–Crippen MR) is 128 cm³/mol. The lowest BCUT2D eigenvalue weighted by atomic mass is 9.93. The zero-order chi connectivity index (χ0) is 24.6. The number of rotatable bonds is 9. The van der Waals surface area contributed by atoms with Crippen molar-refractivity contribution >= 4 is 5.97 Å². The van der Waals surface area contributed by atoms with Gasteiger partial charge in [0.25, 0.3) is 0 Å². The number of aromatic hydroxyl groups is 1. The zero-order valence-corrected chi connectivity index (χ0v) is 19.1. The van der Waals surface area contributed by atoms with E-state index in [9.17, 15) is 19.4 Å². The fourth-order valence-corrected chi connectivity index (χ4v) is 3.89. The molecular formula is C28H27FO6. The number of benzene rings is 3. The molecule has 0 aromatic heterocycles. The summed E-state index contributed by atoms with van der Waals surface area (Å²) in [6, 6.07) is 20.3. The molecule has 0 spiro atoms. The van der Waals surface area contributed by atoms with Crippen molar-refractivity contribution in [2.24, 2.45) is 5.92 Å². The Morgan fingerprint density at radius 3 is 2.20 bits per heavy atom. The molecule has 1 aliphatic heterocycles. The van der Waals surface area contributed by atoms with Gasteiger partial charge in [-0.1, -0.05) is 42.0 Å². The topological polar surface area (TPSA) is 85.2 Å². The van der Waals surface area contributed by atoms with Gasteiger partial charge in [0.1, 0.15) is 23.1 Å². The van der Waals surface area contributed by atoms with E-state index in [1.54, 1.807) is 30.3 Å². The van der Waals surface area contributed by atoms with Crippen molar-refractivity contribution in [1.29, 1.82) is 0 Å². The molecule has 0 radical (unpaired) electrons. The van der Waals surface area contributed by atoms with E-state index in [1.807, 2.05) is 36.4 Å². The largest absolute Gasteiger partial charge is 0.507 e. The van der Waals surface area contributed by atoms with Gasteiger partial charge in [0.2, 0.25) is 0 Å². The number of para-hydroxylation sites is 1. The van der Waals surface area contributed by atoms with Crippen LogP contribution in [-0.2, 0) is 20.7 Å². The van der Waals surface area contributed by atoms with Gasteiger partial charge in [-0.2, -0.15) is 0 Å². The number of phenolic OH excluding ortho intramolecular Hbond substituents is 1. The third-order valence-electron chi connectivity index (χ3n) is 5.81. The van der Waals surface area contributed by atoms with Crippen molar-refractivity contribution in [2.45, 2.75) is 25.6 Å². The van der Waals surface area contributed by atoms with Gasteiger partial charge in [-0.15, -0.1) is 0 Å². The first-order valence-electron chi connectivity index (χ1n) is 11.4. The minimum atomic E-state index is -0.858. The Bertz CT molecular complexity index is 1150. The van der Waals surface area contributed by atoms with Gasteiger partial charge in [0.05, 0.1) is 13.2 Å². The predicted octanol–water partition coefficient (Wildman–Crippen LogP) is 6.02. The zero-order valence-electron chi connectivity index (χ0n) is 19.1. The molecule has 4 rings (SSSR count). The highest BCUT2D eigenvalue weighted by molar-refractivity contribution is 5.67. The van der Waals surface area contributed by atoms with Crippen LogP contribution in [0, 0.1) is 11.7 Å². The Labute approximate surface area is 203 Å². The molecule has 0 aliphatic carbocycles. The molecule has 3 aromatic rings. The standard InChI is InChI=1S/C28H27FO6/c29-22-10-14-24(15-11-22)35-23-12-6-19(7-13-23)5-8-20(9-16-27(31)32)21-17-33-28(34-18-21)25-3-1-2-4-26(25)30/h1-4,6-8,10-15,21,28,30H,5,9,16-18H2,(H,31,32)/b20-8-. The van der Waals surface area contributed by atoms with Crippen LogP contribution in [0.2, 0.25) is 0 Å². The summed E-state index contributed by atoms with van der Waals surface area (Å²) < 4.78 is 30.5. The molecular weight excluding hydrogens is 451 g/mol. The summed E-state index contributed by atoms with van der Waals surface area (Å²) in [5, 5.41) is 19.2. The van der Waals surface area contributed by atoms with Gasteiger partial charge in [0.15, 0.2) is 6.29 Å². The third kappa shape index (κ3) is 6.91. The van der Waals surface area contributed by atoms with E-state index in [4.69, 9.17) is 14.2 Å². The first kappa shape index (κ1) is 24.4. The summed E-state index contributed by atoms with van der Waals surface area (Å²) in [6.45, 7) is 0.740. The molecule has 1 saturated heterocycles. The number of carboxylic acids is 1. The van der Waals surface area contributed by atoms with Crippen molar-refractivity contribution in [1.82, 2.24) is 0 Å². The summed E-state index contributed by atoms with van der Waals surface area (Å²) >= 11 is 0. The average molecular weight is 479 g/mol. The van der Waals surface area contributed by atoms with Crippen LogP contribution < -0.4 is 4.74 Å². The quantitative estimate of drug-likeness (QED) is 0.366. The molecule has 1 heterocycles. The maximum Gasteiger partial charge on any atom is 0.303 e. The number of carboxylic acid groups (broad SMARTS) is 1. The number of halogens is 1. The number of ether oxygens (including phenoxy) is 3. The number of allylic oxidation sites excluding steroid dienone is 1. The molecule has 0 bridgehead atoms. The molecule has 6 nitrogen and oxygen atoms in total. The molecule has 182 valence electrons. The van der Waals surface area contributed by atoms with Crippen molar-refractivity contribution < 1.29 is 33.6 Å². The van der Waals surface area contributed by atoms with Gasteiger partial charge >= 0.3 is 5.97 Å². The third-order valence-corrected chi connectivity index (χ3v) is 5.81.